The Labute approximate surface area is 109 Å². The summed E-state index contributed by atoms with van der Waals surface area (Å²) in [5.41, 5.74) is 0.283. The van der Waals surface area contributed by atoms with Crippen LogP contribution in [0, 0.1) is 0 Å². The molecule has 3 N–H and O–H groups in total. The van der Waals surface area contributed by atoms with Gasteiger partial charge in [-0.3, -0.25) is 4.99 Å². The van der Waals surface area contributed by atoms with E-state index in [4.69, 9.17) is 21.4 Å². The number of rotatable bonds is 2. The Balaban J connectivity index is 2.56. The smallest absolute Gasteiger partial charge is 0.357 e. The second-order valence-electron chi connectivity index (χ2n) is 3.29. The molecule has 1 aromatic rings. The molecule has 1 unspecified atom stereocenters. The van der Waals surface area contributed by atoms with Crippen LogP contribution in [0.4, 0.5) is 5.69 Å². The van der Waals surface area contributed by atoms with E-state index in [1.165, 1.54) is 6.07 Å². The van der Waals surface area contributed by atoms with Gasteiger partial charge in [-0.05, 0) is 28.1 Å². The minimum absolute atomic E-state index is 0.00290. The number of phosphoric acid groups is 1. The Kier molecular flexibility index (Phi) is 3.20. The van der Waals surface area contributed by atoms with Gasteiger partial charge in [-0.1, -0.05) is 11.6 Å². The quantitative estimate of drug-likeness (QED) is 0.564. The molecule has 0 spiro atoms. The van der Waals surface area contributed by atoms with Crippen LogP contribution >= 0.6 is 35.4 Å². The normalized spacial score (nSPS) is 22.9. The van der Waals surface area contributed by atoms with Gasteiger partial charge < -0.3 is 14.9 Å². The first-order valence-corrected chi connectivity index (χ1v) is 6.95. The molecule has 1 aliphatic rings. The van der Waals surface area contributed by atoms with Crippen LogP contribution in [0.3, 0.4) is 0 Å². The van der Waals surface area contributed by atoms with Gasteiger partial charge in [0.1, 0.15) is 0 Å². The van der Waals surface area contributed by atoms with Crippen molar-refractivity contribution in [1.29, 1.82) is 0 Å². The fraction of sp³-hybridized carbons (Fsp3) is 0.125. The molecule has 0 radical (unpaired) electrons. The first-order valence-electron chi connectivity index (χ1n) is 4.25. The zero-order chi connectivity index (χ0) is 12.8. The molecule has 1 heterocycles. The molecule has 0 bridgehead atoms. The molecule has 0 saturated heterocycles. The lowest BCUT2D eigenvalue weighted by Gasteiger charge is -2.22. The standard InChI is InChI=1S/C8H6BrClNO5P/c9-4-1-2-5-6(7(4)10)8(12,3-11-5)16-17(13,14)15/h1-3,12H,(H2,13,14,15). The van der Waals surface area contributed by atoms with Gasteiger partial charge in [0.2, 0.25) is 5.79 Å². The number of fused-ring (bicyclic) bond motifs is 1. The minimum atomic E-state index is -4.89. The van der Waals surface area contributed by atoms with Gasteiger partial charge in [-0.25, -0.2) is 9.09 Å². The van der Waals surface area contributed by atoms with Crippen molar-refractivity contribution in [1.82, 2.24) is 0 Å². The lowest BCUT2D eigenvalue weighted by Crippen LogP contribution is -2.28. The van der Waals surface area contributed by atoms with Crippen LogP contribution in [-0.2, 0) is 14.9 Å². The number of aliphatic imine (C=N–C) groups is 1. The van der Waals surface area contributed by atoms with Crippen molar-refractivity contribution in [3.8, 4) is 0 Å². The molecule has 0 saturated carbocycles. The number of phosphoric ester groups is 1. The molecular formula is C8H6BrClNO5P. The highest BCUT2D eigenvalue weighted by atomic mass is 79.9. The van der Waals surface area contributed by atoms with E-state index in [-0.39, 0.29) is 16.3 Å². The second-order valence-corrected chi connectivity index (χ2v) is 5.69. The first kappa shape index (κ1) is 13.2. The van der Waals surface area contributed by atoms with Crippen LogP contribution in [-0.4, -0.2) is 21.1 Å². The van der Waals surface area contributed by atoms with Gasteiger partial charge in [-0.2, -0.15) is 0 Å². The van der Waals surface area contributed by atoms with E-state index in [0.717, 1.165) is 6.21 Å². The Morgan fingerprint density at radius 2 is 2.12 bits per heavy atom. The molecule has 17 heavy (non-hydrogen) atoms. The highest BCUT2D eigenvalue weighted by molar-refractivity contribution is 9.10. The molecule has 0 aliphatic carbocycles. The van der Waals surface area contributed by atoms with E-state index in [2.05, 4.69) is 25.4 Å². The van der Waals surface area contributed by atoms with Crippen molar-refractivity contribution >= 4 is 47.3 Å². The molecule has 0 fully saturated rings. The first-order chi connectivity index (χ1) is 7.73. The Hall–Kier alpha value is -0.270. The monoisotopic (exact) mass is 341 g/mol. The van der Waals surface area contributed by atoms with Crippen molar-refractivity contribution in [2.45, 2.75) is 5.79 Å². The highest BCUT2D eigenvalue weighted by Gasteiger charge is 2.43. The van der Waals surface area contributed by atoms with E-state index in [9.17, 15) is 9.67 Å². The van der Waals surface area contributed by atoms with Crippen molar-refractivity contribution < 1.29 is 24.0 Å². The highest BCUT2D eigenvalue weighted by Crippen LogP contribution is 2.50. The Bertz CT molecular complexity index is 559. The number of aliphatic hydroxyl groups is 1. The third kappa shape index (κ3) is 2.46. The summed E-state index contributed by atoms with van der Waals surface area (Å²) in [6.45, 7) is 0. The maximum Gasteiger partial charge on any atom is 0.472 e. The number of nitrogens with zero attached hydrogens (tertiary/aromatic N) is 1. The molecule has 2 rings (SSSR count). The zero-order valence-electron chi connectivity index (χ0n) is 8.04. The third-order valence-electron chi connectivity index (χ3n) is 2.07. The van der Waals surface area contributed by atoms with Gasteiger partial charge in [0.05, 0.1) is 22.5 Å². The average molecular weight is 342 g/mol. The second kappa shape index (κ2) is 4.13. The molecular weight excluding hydrogens is 336 g/mol. The van der Waals surface area contributed by atoms with E-state index >= 15 is 0 Å². The molecule has 1 atom stereocenters. The number of hydrogen-bond donors (Lipinski definition) is 3. The average Bonchev–Trinajstić information content (AvgIpc) is 2.47. The molecule has 9 heteroatoms. The maximum absolute atomic E-state index is 10.8. The summed E-state index contributed by atoms with van der Waals surface area (Å²) in [7, 11) is -4.89. The predicted molar refractivity (Wildman–Crippen MR) is 64.3 cm³/mol. The lowest BCUT2D eigenvalue weighted by atomic mass is 10.1. The van der Waals surface area contributed by atoms with Gasteiger partial charge in [0.15, 0.2) is 0 Å². The van der Waals surface area contributed by atoms with Gasteiger partial charge in [0, 0.05) is 4.47 Å². The SMILES string of the molecule is O=P(O)(O)OC1(O)C=Nc2ccc(Br)c(Cl)c21. The summed E-state index contributed by atoms with van der Waals surface area (Å²) in [6, 6.07) is 3.13. The van der Waals surface area contributed by atoms with Crippen molar-refractivity contribution in [2.24, 2.45) is 4.99 Å². The summed E-state index contributed by atoms with van der Waals surface area (Å²) in [6.07, 6.45) is 0.884. The summed E-state index contributed by atoms with van der Waals surface area (Å²) in [5.74, 6) is -2.32. The molecule has 6 nitrogen and oxygen atoms in total. The zero-order valence-corrected chi connectivity index (χ0v) is 11.3. The number of halogens is 2. The van der Waals surface area contributed by atoms with Crippen LogP contribution in [0.2, 0.25) is 5.02 Å². The largest absolute Gasteiger partial charge is 0.472 e. The van der Waals surface area contributed by atoms with Crippen LogP contribution < -0.4 is 0 Å². The topological polar surface area (TPSA) is 99.4 Å². The fourth-order valence-electron chi connectivity index (χ4n) is 1.46. The van der Waals surface area contributed by atoms with E-state index in [1.807, 2.05) is 0 Å². The van der Waals surface area contributed by atoms with Crippen LogP contribution in [0.25, 0.3) is 0 Å². The molecule has 1 aromatic carbocycles. The summed E-state index contributed by atoms with van der Waals surface area (Å²) in [5, 5.41) is 10.1. The van der Waals surface area contributed by atoms with Gasteiger partial charge >= 0.3 is 7.82 Å². The summed E-state index contributed by atoms with van der Waals surface area (Å²) < 4.78 is 15.6. The Morgan fingerprint density at radius 3 is 2.71 bits per heavy atom. The summed E-state index contributed by atoms with van der Waals surface area (Å²) in [4.78, 5) is 21.3. The van der Waals surface area contributed by atoms with Crippen LogP contribution in [0.15, 0.2) is 21.6 Å². The number of benzene rings is 1. The predicted octanol–water partition coefficient (Wildman–Crippen LogP) is 2.07. The van der Waals surface area contributed by atoms with Gasteiger partial charge in [-0.15, -0.1) is 0 Å². The van der Waals surface area contributed by atoms with Gasteiger partial charge in [0.25, 0.3) is 0 Å². The van der Waals surface area contributed by atoms with Crippen LogP contribution in [0.5, 0.6) is 0 Å². The molecule has 92 valence electrons. The number of hydrogen-bond acceptors (Lipinski definition) is 4. The van der Waals surface area contributed by atoms with Crippen LogP contribution in [0.1, 0.15) is 5.56 Å². The Morgan fingerprint density at radius 1 is 1.47 bits per heavy atom. The third-order valence-corrected chi connectivity index (χ3v) is 3.87. The molecule has 1 aliphatic heterocycles. The lowest BCUT2D eigenvalue weighted by molar-refractivity contribution is -0.0898. The fourth-order valence-corrected chi connectivity index (χ4v) is 2.59. The van der Waals surface area contributed by atoms with E-state index < -0.39 is 13.6 Å². The van der Waals surface area contributed by atoms with Crippen molar-refractivity contribution in [3.05, 3.63) is 27.2 Å². The van der Waals surface area contributed by atoms with E-state index in [1.54, 1.807) is 6.07 Å². The minimum Gasteiger partial charge on any atom is -0.357 e. The van der Waals surface area contributed by atoms with E-state index in [0.29, 0.717) is 4.47 Å². The maximum atomic E-state index is 10.8. The molecule has 0 aromatic heterocycles. The molecule has 0 amide bonds. The summed E-state index contributed by atoms with van der Waals surface area (Å²) >= 11 is 9.06. The van der Waals surface area contributed by atoms with Crippen molar-refractivity contribution in [3.63, 3.8) is 0 Å². The van der Waals surface area contributed by atoms with Crippen molar-refractivity contribution in [2.75, 3.05) is 0 Å².